The van der Waals surface area contributed by atoms with Crippen molar-refractivity contribution in [1.29, 1.82) is 0 Å². The topological polar surface area (TPSA) is 56.0 Å². The van der Waals surface area contributed by atoms with Gasteiger partial charge >= 0.3 is 0 Å². The first-order chi connectivity index (χ1) is 24.3. The Labute approximate surface area is 281 Å². The summed E-state index contributed by atoms with van der Waals surface area (Å²) < 4.78 is 2.24. The third-order valence-corrected chi connectivity index (χ3v) is 9.47. The van der Waals surface area contributed by atoms with Crippen molar-refractivity contribution in [3.8, 4) is 45.2 Å². The van der Waals surface area contributed by atoms with Gasteiger partial charge in [-0.05, 0) is 39.6 Å². The Hall–Kier alpha value is -6.72. The second-order valence-electron chi connectivity index (χ2n) is 12.3. The molecule has 0 spiro atoms. The Morgan fingerprint density at radius 3 is 1.69 bits per heavy atom. The lowest BCUT2D eigenvalue weighted by Crippen LogP contribution is -2.03. The van der Waals surface area contributed by atoms with Crippen LogP contribution in [-0.2, 0) is 0 Å². The maximum atomic E-state index is 5.32. The van der Waals surface area contributed by atoms with Crippen molar-refractivity contribution in [3.05, 3.63) is 164 Å². The molecule has 0 atom stereocenters. The second kappa shape index (κ2) is 10.9. The highest BCUT2D eigenvalue weighted by Gasteiger charge is 2.21. The van der Waals surface area contributed by atoms with Gasteiger partial charge in [-0.3, -0.25) is 14.4 Å². The largest absolute Gasteiger partial charge is 0.277 e. The van der Waals surface area contributed by atoms with Gasteiger partial charge in [0.25, 0.3) is 0 Å². The van der Waals surface area contributed by atoms with E-state index >= 15 is 0 Å². The van der Waals surface area contributed by atoms with Crippen LogP contribution in [0.5, 0.6) is 0 Å². The van der Waals surface area contributed by atoms with E-state index in [4.69, 9.17) is 19.9 Å². The molecule has 0 saturated heterocycles. The van der Waals surface area contributed by atoms with E-state index in [9.17, 15) is 0 Å². The fourth-order valence-electron chi connectivity index (χ4n) is 7.26. The molecule has 5 heteroatoms. The lowest BCUT2D eigenvalue weighted by atomic mass is 9.95. The smallest absolute Gasteiger partial charge is 0.163 e. The van der Waals surface area contributed by atoms with Gasteiger partial charge in [0.15, 0.2) is 5.82 Å². The van der Waals surface area contributed by atoms with E-state index in [1.54, 1.807) is 12.4 Å². The lowest BCUT2D eigenvalue weighted by molar-refractivity contribution is 1.05. The van der Waals surface area contributed by atoms with Gasteiger partial charge in [0.1, 0.15) is 11.5 Å². The van der Waals surface area contributed by atoms with Crippen molar-refractivity contribution < 1.29 is 0 Å². The molecule has 0 fully saturated rings. The molecule has 0 aliphatic rings. The Balaban J connectivity index is 1.24. The Kier molecular flexibility index (Phi) is 6.11. The van der Waals surface area contributed by atoms with E-state index in [1.807, 2.05) is 18.2 Å². The monoisotopic (exact) mass is 625 g/mol. The zero-order valence-corrected chi connectivity index (χ0v) is 26.3. The molecular weight excluding hydrogens is 599 g/mol. The fourth-order valence-corrected chi connectivity index (χ4v) is 7.26. The second-order valence-corrected chi connectivity index (χ2v) is 12.3. The molecule has 10 rings (SSSR count). The fraction of sp³-hybridized carbons (Fsp3) is 0. The zero-order valence-electron chi connectivity index (χ0n) is 26.3. The molecule has 0 aliphatic heterocycles. The highest BCUT2D eigenvalue weighted by Crippen LogP contribution is 2.39. The van der Waals surface area contributed by atoms with Gasteiger partial charge in [-0.2, -0.15) is 0 Å². The quantitative estimate of drug-likeness (QED) is 0.183. The molecule has 7 aromatic carbocycles. The molecule has 0 unspecified atom stereocenters. The Morgan fingerprint density at radius 2 is 0.939 bits per heavy atom. The SMILES string of the molecule is c1ccc(-c2nc(-c3cccc(-c4ccc5c(c4)c4ccccc4c4nccnc54)c3)n3c(-c4ccccc4)c4ccccc4c3n2)cc1. The minimum absolute atomic E-state index is 0.696. The molecule has 0 bridgehead atoms. The predicted octanol–water partition coefficient (Wildman–Crippen LogP) is 10.8. The molecule has 0 amide bonds. The predicted molar refractivity (Wildman–Crippen MR) is 200 cm³/mol. The summed E-state index contributed by atoms with van der Waals surface area (Å²) in [5.74, 6) is 1.54. The number of benzene rings is 7. The molecule has 3 heterocycles. The first kappa shape index (κ1) is 27.4. The summed E-state index contributed by atoms with van der Waals surface area (Å²) in [6, 6.07) is 53.1. The summed E-state index contributed by atoms with van der Waals surface area (Å²) in [4.78, 5) is 20.0. The van der Waals surface area contributed by atoms with E-state index in [-0.39, 0.29) is 0 Å². The van der Waals surface area contributed by atoms with Gasteiger partial charge in [0.2, 0.25) is 0 Å². The number of nitrogens with zero attached hydrogens (tertiary/aromatic N) is 5. The molecule has 228 valence electrons. The van der Waals surface area contributed by atoms with Gasteiger partial charge < -0.3 is 0 Å². The Morgan fingerprint density at radius 1 is 0.367 bits per heavy atom. The number of fused-ring (bicyclic) bond motifs is 9. The minimum Gasteiger partial charge on any atom is -0.277 e. The van der Waals surface area contributed by atoms with Gasteiger partial charge in [0.05, 0.1) is 16.7 Å². The Bertz CT molecular complexity index is 2840. The first-order valence-corrected chi connectivity index (χ1v) is 16.4. The van der Waals surface area contributed by atoms with Gasteiger partial charge in [-0.25, -0.2) is 9.97 Å². The van der Waals surface area contributed by atoms with Crippen LogP contribution in [0.2, 0.25) is 0 Å². The molecular formula is C44H27N5. The first-order valence-electron chi connectivity index (χ1n) is 16.4. The molecule has 0 saturated carbocycles. The van der Waals surface area contributed by atoms with Gasteiger partial charge in [0, 0.05) is 45.1 Å². The average molecular weight is 626 g/mol. The molecule has 5 nitrogen and oxygen atoms in total. The van der Waals surface area contributed by atoms with Crippen molar-refractivity contribution in [2.45, 2.75) is 0 Å². The van der Waals surface area contributed by atoms with Crippen molar-refractivity contribution in [3.63, 3.8) is 0 Å². The van der Waals surface area contributed by atoms with Crippen LogP contribution < -0.4 is 0 Å². The third kappa shape index (κ3) is 4.33. The van der Waals surface area contributed by atoms with Gasteiger partial charge in [-0.1, -0.05) is 140 Å². The summed E-state index contributed by atoms with van der Waals surface area (Å²) in [6.45, 7) is 0. The summed E-state index contributed by atoms with van der Waals surface area (Å²) in [6.07, 6.45) is 3.54. The van der Waals surface area contributed by atoms with Crippen LogP contribution >= 0.6 is 0 Å². The van der Waals surface area contributed by atoms with E-state index in [0.717, 1.165) is 82.9 Å². The molecule has 3 aromatic heterocycles. The standard InChI is InChI=1S/C44H27N5/c1-3-12-28(13-4-1)41-36-20-9-10-21-37(36)44-48-42(29-14-5-2-6-15-29)47-43(49(41)44)32-17-11-16-30(26-32)31-22-23-35-38(27-31)33-18-7-8-19-34(33)39-40(35)46-25-24-45-39/h1-27H. The van der Waals surface area contributed by atoms with E-state index in [1.165, 1.54) is 5.39 Å². The lowest BCUT2D eigenvalue weighted by Gasteiger charge is -2.14. The van der Waals surface area contributed by atoms with E-state index in [0.29, 0.717) is 5.82 Å². The van der Waals surface area contributed by atoms with Crippen LogP contribution in [0.1, 0.15) is 0 Å². The van der Waals surface area contributed by atoms with Gasteiger partial charge in [-0.15, -0.1) is 0 Å². The minimum atomic E-state index is 0.696. The highest BCUT2D eigenvalue weighted by molar-refractivity contribution is 6.23. The van der Waals surface area contributed by atoms with Crippen LogP contribution in [0.25, 0.3) is 94.2 Å². The summed E-state index contributed by atoms with van der Waals surface area (Å²) in [5, 5.41) is 6.76. The number of hydrogen-bond donors (Lipinski definition) is 0. The summed E-state index contributed by atoms with van der Waals surface area (Å²) in [5.41, 5.74) is 9.14. The number of hydrogen-bond acceptors (Lipinski definition) is 4. The molecule has 0 N–H and O–H groups in total. The summed E-state index contributed by atoms with van der Waals surface area (Å²) >= 11 is 0. The average Bonchev–Trinajstić information content (AvgIpc) is 3.52. The highest BCUT2D eigenvalue weighted by atomic mass is 15.1. The maximum Gasteiger partial charge on any atom is 0.163 e. The van der Waals surface area contributed by atoms with Crippen LogP contribution in [0, 0.1) is 0 Å². The van der Waals surface area contributed by atoms with Crippen LogP contribution in [0.3, 0.4) is 0 Å². The molecule has 0 radical (unpaired) electrons. The van der Waals surface area contributed by atoms with Crippen molar-refractivity contribution >= 4 is 49.0 Å². The van der Waals surface area contributed by atoms with E-state index < -0.39 is 0 Å². The van der Waals surface area contributed by atoms with Crippen LogP contribution in [0.4, 0.5) is 0 Å². The van der Waals surface area contributed by atoms with Crippen molar-refractivity contribution in [1.82, 2.24) is 24.3 Å². The third-order valence-electron chi connectivity index (χ3n) is 9.47. The van der Waals surface area contributed by atoms with Crippen molar-refractivity contribution in [2.75, 3.05) is 0 Å². The molecule has 10 aromatic rings. The number of aromatic nitrogens is 5. The summed E-state index contributed by atoms with van der Waals surface area (Å²) in [7, 11) is 0. The van der Waals surface area contributed by atoms with Crippen LogP contribution in [0.15, 0.2) is 164 Å². The number of rotatable bonds is 4. The van der Waals surface area contributed by atoms with E-state index in [2.05, 4.69) is 138 Å². The molecule has 0 aliphatic carbocycles. The van der Waals surface area contributed by atoms with Crippen molar-refractivity contribution in [2.24, 2.45) is 0 Å². The maximum absolute atomic E-state index is 5.32. The zero-order chi connectivity index (χ0) is 32.3. The normalized spacial score (nSPS) is 11.7. The molecule has 49 heavy (non-hydrogen) atoms. The van der Waals surface area contributed by atoms with Crippen LogP contribution in [-0.4, -0.2) is 24.3 Å².